The number of ether oxygens (including phenoxy) is 1. The summed E-state index contributed by atoms with van der Waals surface area (Å²) in [5, 5.41) is 0. The molecular formula is C18H18FN3O. The van der Waals surface area contributed by atoms with Gasteiger partial charge in [0.2, 0.25) is 5.88 Å². The molecule has 0 atom stereocenters. The van der Waals surface area contributed by atoms with E-state index in [4.69, 9.17) is 4.74 Å². The second-order valence-corrected chi connectivity index (χ2v) is 5.35. The molecule has 0 fully saturated rings. The Balaban J connectivity index is 2.00. The summed E-state index contributed by atoms with van der Waals surface area (Å²) in [4.78, 5) is 8.65. The topological polar surface area (TPSA) is 39.9 Å². The highest BCUT2D eigenvalue weighted by molar-refractivity contribution is 5.87. The van der Waals surface area contributed by atoms with Crippen LogP contribution in [-0.2, 0) is 6.61 Å². The van der Waals surface area contributed by atoms with E-state index in [1.165, 1.54) is 18.5 Å². The largest absolute Gasteiger partial charge is 0.471 e. The van der Waals surface area contributed by atoms with Gasteiger partial charge in [-0.25, -0.2) is 9.37 Å². The first-order valence-electron chi connectivity index (χ1n) is 7.44. The molecule has 3 aromatic rings. The first-order valence-corrected chi connectivity index (χ1v) is 7.44. The van der Waals surface area contributed by atoms with Crippen LogP contribution in [0.4, 0.5) is 4.39 Å². The molecular weight excluding hydrogens is 293 g/mol. The zero-order chi connectivity index (χ0) is 16.4. The fraction of sp³-hybridized carbons (Fsp3) is 0.222. The van der Waals surface area contributed by atoms with Crippen LogP contribution in [0.15, 0.2) is 36.7 Å². The van der Waals surface area contributed by atoms with Crippen molar-refractivity contribution in [3.63, 3.8) is 0 Å². The lowest BCUT2D eigenvalue weighted by Gasteiger charge is -2.08. The highest BCUT2D eigenvalue weighted by Crippen LogP contribution is 2.29. The fourth-order valence-electron chi connectivity index (χ4n) is 2.55. The predicted octanol–water partition coefficient (Wildman–Crippen LogP) is 4.26. The summed E-state index contributed by atoms with van der Waals surface area (Å²) in [6, 6.07) is 6.25. The van der Waals surface area contributed by atoms with Crippen LogP contribution < -0.4 is 4.74 Å². The van der Waals surface area contributed by atoms with Gasteiger partial charge in [0, 0.05) is 11.9 Å². The van der Waals surface area contributed by atoms with Crippen molar-refractivity contribution < 1.29 is 9.13 Å². The molecule has 2 aromatic heterocycles. The van der Waals surface area contributed by atoms with Crippen molar-refractivity contribution in [1.82, 2.24) is 14.5 Å². The average Bonchev–Trinajstić information content (AvgIpc) is 2.80. The normalized spacial score (nSPS) is 11.5. The van der Waals surface area contributed by atoms with Crippen LogP contribution in [0.2, 0.25) is 0 Å². The SMILES string of the molecule is CC=Cn1c(C)c(C)c2ncnc(OCc3ccc(F)cc3)c21. The molecule has 0 aliphatic rings. The summed E-state index contributed by atoms with van der Waals surface area (Å²) in [5.41, 5.74) is 4.82. The number of nitrogens with zero attached hydrogens (tertiary/aromatic N) is 3. The monoisotopic (exact) mass is 311 g/mol. The van der Waals surface area contributed by atoms with Gasteiger partial charge in [-0.2, -0.15) is 4.98 Å². The molecule has 0 saturated carbocycles. The van der Waals surface area contributed by atoms with Crippen LogP contribution in [0.25, 0.3) is 17.2 Å². The Morgan fingerprint density at radius 1 is 1.17 bits per heavy atom. The maximum Gasteiger partial charge on any atom is 0.242 e. The lowest BCUT2D eigenvalue weighted by Crippen LogP contribution is -2.00. The van der Waals surface area contributed by atoms with Crippen molar-refractivity contribution in [2.24, 2.45) is 0 Å². The molecule has 118 valence electrons. The molecule has 0 unspecified atom stereocenters. The zero-order valence-electron chi connectivity index (χ0n) is 13.4. The summed E-state index contributed by atoms with van der Waals surface area (Å²) in [6.07, 6.45) is 5.44. The van der Waals surface area contributed by atoms with E-state index in [1.54, 1.807) is 12.1 Å². The van der Waals surface area contributed by atoms with Gasteiger partial charge >= 0.3 is 0 Å². The Labute approximate surface area is 134 Å². The Kier molecular flexibility index (Phi) is 4.10. The van der Waals surface area contributed by atoms with Gasteiger partial charge in [-0.3, -0.25) is 0 Å². The van der Waals surface area contributed by atoms with E-state index in [1.807, 2.05) is 37.6 Å². The van der Waals surface area contributed by atoms with E-state index in [0.29, 0.717) is 12.5 Å². The first kappa shape index (κ1) is 15.2. The standard InChI is InChI=1S/C18H18FN3O/c1-4-9-22-13(3)12(2)16-17(22)18(21-11-20-16)23-10-14-5-7-15(19)8-6-14/h4-9,11H,10H2,1-3H3. The summed E-state index contributed by atoms with van der Waals surface area (Å²) in [5.74, 6) is 0.264. The quantitative estimate of drug-likeness (QED) is 0.723. The van der Waals surface area contributed by atoms with Crippen LogP contribution in [0, 0.1) is 19.7 Å². The predicted molar refractivity (Wildman–Crippen MR) is 88.7 cm³/mol. The van der Waals surface area contributed by atoms with Gasteiger partial charge < -0.3 is 9.30 Å². The van der Waals surface area contributed by atoms with Gasteiger partial charge in [0.25, 0.3) is 0 Å². The van der Waals surface area contributed by atoms with Crippen LogP contribution in [-0.4, -0.2) is 14.5 Å². The number of benzene rings is 1. The smallest absolute Gasteiger partial charge is 0.242 e. The third-order valence-electron chi connectivity index (χ3n) is 3.88. The number of rotatable bonds is 4. The van der Waals surface area contributed by atoms with Gasteiger partial charge in [-0.05, 0) is 44.0 Å². The van der Waals surface area contributed by atoms with Crippen molar-refractivity contribution in [2.45, 2.75) is 27.4 Å². The van der Waals surface area contributed by atoms with Crippen molar-refractivity contribution in [3.05, 3.63) is 59.3 Å². The lowest BCUT2D eigenvalue weighted by molar-refractivity contribution is 0.296. The number of hydrogen-bond acceptors (Lipinski definition) is 3. The third-order valence-corrected chi connectivity index (χ3v) is 3.88. The maximum atomic E-state index is 13.0. The van der Waals surface area contributed by atoms with Gasteiger partial charge in [0.1, 0.15) is 24.3 Å². The molecule has 4 nitrogen and oxygen atoms in total. The highest BCUT2D eigenvalue weighted by atomic mass is 19.1. The molecule has 0 spiro atoms. The van der Waals surface area contributed by atoms with Crippen LogP contribution >= 0.6 is 0 Å². The molecule has 0 amide bonds. The average molecular weight is 311 g/mol. The summed E-state index contributed by atoms with van der Waals surface area (Å²) in [6.45, 7) is 6.37. The molecule has 23 heavy (non-hydrogen) atoms. The minimum atomic E-state index is -0.258. The number of hydrogen-bond donors (Lipinski definition) is 0. The third kappa shape index (κ3) is 2.82. The van der Waals surface area contributed by atoms with Crippen LogP contribution in [0.1, 0.15) is 23.7 Å². The van der Waals surface area contributed by atoms with Gasteiger partial charge in [0.15, 0.2) is 0 Å². The second-order valence-electron chi connectivity index (χ2n) is 5.35. The van der Waals surface area contributed by atoms with Crippen molar-refractivity contribution >= 4 is 17.2 Å². The van der Waals surface area contributed by atoms with Crippen molar-refractivity contribution in [1.29, 1.82) is 0 Å². The summed E-state index contributed by atoms with van der Waals surface area (Å²) in [7, 11) is 0. The highest BCUT2D eigenvalue weighted by Gasteiger charge is 2.16. The number of allylic oxidation sites excluding steroid dienone is 1. The number of aryl methyl sites for hydroxylation is 1. The molecule has 0 saturated heterocycles. The lowest BCUT2D eigenvalue weighted by atomic mass is 10.2. The molecule has 0 N–H and O–H groups in total. The fourth-order valence-corrected chi connectivity index (χ4v) is 2.55. The minimum Gasteiger partial charge on any atom is -0.471 e. The number of fused-ring (bicyclic) bond motifs is 1. The molecule has 1 aromatic carbocycles. The van der Waals surface area contributed by atoms with E-state index < -0.39 is 0 Å². The van der Waals surface area contributed by atoms with E-state index in [2.05, 4.69) is 9.97 Å². The molecule has 2 heterocycles. The van der Waals surface area contributed by atoms with E-state index in [9.17, 15) is 4.39 Å². The van der Waals surface area contributed by atoms with E-state index >= 15 is 0 Å². The van der Waals surface area contributed by atoms with Crippen molar-refractivity contribution in [3.8, 4) is 5.88 Å². The molecule has 0 radical (unpaired) electrons. The maximum absolute atomic E-state index is 13.0. The molecule has 0 bridgehead atoms. The summed E-state index contributed by atoms with van der Waals surface area (Å²) < 4.78 is 20.9. The molecule has 0 aliphatic heterocycles. The van der Waals surface area contributed by atoms with Gasteiger partial charge in [-0.15, -0.1) is 0 Å². The Morgan fingerprint density at radius 2 is 1.91 bits per heavy atom. The van der Waals surface area contributed by atoms with E-state index in [0.717, 1.165) is 27.9 Å². The van der Waals surface area contributed by atoms with Crippen LogP contribution in [0.3, 0.4) is 0 Å². The molecule has 5 heteroatoms. The number of halogens is 1. The molecule has 3 rings (SSSR count). The Hall–Kier alpha value is -2.69. The van der Waals surface area contributed by atoms with E-state index in [-0.39, 0.29) is 5.82 Å². The first-order chi connectivity index (χ1) is 11.1. The Morgan fingerprint density at radius 3 is 2.61 bits per heavy atom. The summed E-state index contributed by atoms with van der Waals surface area (Å²) >= 11 is 0. The second kappa shape index (κ2) is 6.20. The van der Waals surface area contributed by atoms with Gasteiger partial charge in [-0.1, -0.05) is 18.2 Å². The molecule has 0 aliphatic carbocycles. The minimum absolute atomic E-state index is 0.258. The zero-order valence-corrected chi connectivity index (χ0v) is 13.4. The van der Waals surface area contributed by atoms with Gasteiger partial charge in [0.05, 0.1) is 5.52 Å². The van der Waals surface area contributed by atoms with Crippen molar-refractivity contribution in [2.75, 3.05) is 0 Å². The number of aromatic nitrogens is 3. The Bertz CT molecular complexity index is 866. The van der Waals surface area contributed by atoms with Crippen LogP contribution in [0.5, 0.6) is 5.88 Å².